The Morgan fingerprint density at radius 2 is 1.84 bits per heavy atom. The lowest BCUT2D eigenvalue weighted by Gasteiger charge is -2.08. The highest BCUT2D eigenvalue weighted by atomic mass is 79.9. The average Bonchev–Trinajstić information content (AvgIpc) is 2.39. The van der Waals surface area contributed by atoms with Crippen molar-refractivity contribution in [1.82, 2.24) is 5.32 Å². The van der Waals surface area contributed by atoms with Gasteiger partial charge in [0, 0.05) is 11.0 Å². The Bertz CT molecular complexity index is 537. The summed E-state index contributed by atoms with van der Waals surface area (Å²) in [5.41, 5.74) is 3.66. The van der Waals surface area contributed by atoms with Gasteiger partial charge in [0.25, 0.3) is 0 Å². The van der Waals surface area contributed by atoms with Crippen LogP contribution in [0.1, 0.15) is 16.7 Å². The molecule has 1 nitrogen and oxygen atoms in total. The summed E-state index contributed by atoms with van der Waals surface area (Å²) in [6.45, 7) is 3.80. The van der Waals surface area contributed by atoms with E-state index in [-0.39, 0.29) is 5.82 Å². The maximum atomic E-state index is 12.8. The summed E-state index contributed by atoms with van der Waals surface area (Å²) in [7, 11) is 0. The van der Waals surface area contributed by atoms with Crippen LogP contribution in [0.25, 0.3) is 0 Å². The molecule has 0 radical (unpaired) electrons. The summed E-state index contributed by atoms with van der Waals surface area (Å²) in [6, 6.07) is 13.0. The summed E-state index contributed by atoms with van der Waals surface area (Å²) in [5, 5.41) is 3.40. The molecule has 0 aromatic heterocycles. The highest BCUT2D eigenvalue weighted by Crippen LogP contribution is 2.18. The van der Waals surface area contributed by atoms with Gasteiger partial charge in [0.15, 0.2) is 0 Å². The SMILES string of the molecule is Cc1ccc(CNCCc2ccc(F)cc2)c(Br)c1. The fraction of sp³-hybridized carbons (Fsp3) is 0.250. The normalized spacial score (nSPS) is 10.7. The molecule has 1 N–H and O–H groups in total. The lowest BCUT2D eigenvalue weighted by atomic mass is 10.1. The van der Waals surface area contributed by atoms with Gasteiger partial charge in [0.1, 0.15) is 5.82 Å². The number of nitrogens with one attached hydrogen (secondary N) is 1. The van der Waals surface area contributed by atoms with Crippen LogP contribution in [0.15, 0.2) is 46.9 Å². The number of aryl methyl sites for hydroxylation is 1. The van der Waals surface area contributed by atoms with Crippen molar-refractivity contribution in [2.45, 2.75) is 19.9 Å². The van der Waals surface area contributed by atoms with Gasteiger partial charge in [-0.05, 0) is 54.8 Å². The third kappa shape index (κ3) is 4.44. The summed E-state index contributed by atoms with van der Waals surface area (Å²) < 4.78 is 13.9. The van der Waals surface area contributed by atoms with Gasteiger partial charge in [-0.15, -0.1) is 0 Å². The van der Waals surface area contributed by atoms with E-state index >= 15 is 0 Å². The highest BCUT2D eigenvalue weighted by Gasteiger charge is 2.00. The van der Waals surface area contributed by atoms with Gasteiger partial charge >= 0.3 is 0 Å². The number of rotatable bonds is 5. The molecule has 0 unspecified atom stereocenters. The first kappa shape index (κ1) is 14.2. The second-order valence-corrected chi connectivity index (χ2v) is 5.50. The quantitative estimate of drug-likeness (QED) is 0.813. The number of hydrogen-bond donors (Lipinski definition) is 1. The molecule has 0 aliphatic rings. The van der Waals surface area contributed by atoms with Crippen LogP contribution < -0.4 is 5.32 Å². The number of hydrogen-bond acceptors (Lipinski definition) is 1. The zero-order chi connectivity index (χ0) is 13.7. The molecule has 0 aliphatic carbocycles. The zero-order valence-corrected chi connectivity index (χ0v) is 12.5. The summed E-state index contributed by atoms with van der Waals surface area (Å²) >= 11 is 3.57. The second kappa shape index (κ2) is 6.83. The summed E-state index contributed by atoms with van der Waals surface area (Å²) in [6.07, 6.45) is 0.907. The largest absolute Gasteiger partial charge is 0.312 e. The third-order valence-corrected chi connectivity index (χ3v) is 3.77. The highest BCUT2D eigenvalue weighted by molar-refractivity contribution is 9.10. The maximum absolute atomic E-state index is 12.8. The molecular weight excluding hydrogens is 305 g/mol. The lowest BCUT2D eigenvalue weighted by Crippen LogP contribution is -2.17. The molecule has 2 aromatic carbocycles. The van der Waals surface area contributed by atoms with Crippen molar-refractivity contribution in [3.8, 4) is 0 Å². The van der Waals surface area contributed by atoms with E-state index in [1.165, 1.54) is 23.3 Å². The molecule has 100 valence electrons. The van der Waals surface area contributed by atoms with Gasteiger partial charge in [-0.2, -0.15) is 0 Å². The Labute approximate surface area is 122 Å². The van der Waals surface area contributed by atoms with Crippen LogP contribution in [0.3, 0.4) is 0 Å². The van der Waals surface area contributed by atoms with Crippen molar-refractivity contribution < 1.29 is 4.39 Å². The third-order valence-electron chi connectivity index (χ3n) is 3.03. The van der Waals surface area contributed by atoms with Crippen molar-refractivity contribution in [2.75, 3.05) is 6.54 Å². The van der Waals surface area contributed by atoms with Crippen LogP contribution in [0.4, 0.5) is 4.39 Å². The Kier molecular flexibility index (Phi) is 5.11. The van der Waals surface area contributed by atoms with Crippen LogP contribution in [0.5, 0.6) is 0 Å². The van der Waals surface area contributed by atoms with Gasteiger partial charge < -0.3 is 5.32 Å². The average molecular weight is 322 g/mol. The standard InChI is InChI=1S/C16H17BrFN/c1-12-2-5-14(16(17)10-12)11-19-9-8-13-3-6-15(18)7-4-13/h2-7,10,19H,8-9,11H2,1H3. The fourth-order valence-corrected chi connectivity index (χ4v) is 2.54. The first-order chi connectivity index (χ1) is 9.15. The predicted molar refractivity (Wildman–Crippen MR) is 80.7 cm³/mol. The fourth-order valence-electron chi connectivity index (χ4n) is 1.90. The Morgan fingerprint density at radius 1 is 1.11 bits per heavy atom. The molecule has 0 spiro atoms. The molecule has 3 heteroatoms. The van der Waals surface area contributed by atoms with Gasteiger partial charge in [-0.3, -0.25) is 0 Å². The van der Waals surface area contributed by atoms with Crippen molar-refractivity contribution in [3.63, 3.8) is 0 Å². The summed E-state index contributed by atoms with van der Waals surface area (Å²) in [4.78, 5) is 0. The van der Waals surface area contributed by atoms with Gasteiger partial charge in [0.2, 0.25) is 0 Å². The van der Waals surface area contributed by atoms with Crippen LogP contribution in [-0.2, 0) is 13.0 Å². The first-order valence-corrected chi connectivity index (χ1v) is 7.14. The molecule has 0 aliphatic heterocycles. The summed E-state index contributed by atoms with van der Waals surface area (Å²) in [5.74, 6) is -0.180. The lowest BCUT2D eigenvalue weighted by molar-refractivity contribution is 0.626. The smallest absolute Gasteiger partial charge is 0.123 e. The van der Waals surface area contributed by atoms with Crippen LogP contribution in [0.2, 0.25) is 0 Å². The van der Waals surface area contributed by atoms with E-state index in [2.05, 4.69) is 46.4 Å². The topological polar surface area (TPSA) is 12.0 Å². The second-order valence-electron chi connectivity index (χ2n) is 4.65. The van der Waals surface area contributed by atoms with Gasteiger partial charge in [-0.1, -0.05) is 40.2 Å². The van der Waals surface area contributed by atoms with Crippen molar-refractivity contribution in [1.29, 1.82) is 0 Å². The van der Waals surface area contributed by atoms with Crippen LogP contribution in [-0.4, -0.2) is 6.54 Å². The van der Waals surface area contributed by atoms with Gasteiger partial charge in [0.05, 0.1) is 0 Å². The minimum absolute atomic E-state index is 0.180. The Balaban J connectivity index is 1.79. The van der Waals surface area contributed by atoms with E-state index in [0.717, 1.165) is 29.5 Å². The molecule has 0 bridgehead atoms. The minimum atomic E-state index is -0.180. The predicted octanol–water partition coefficient (Wildman–Crippen LogP) is 4.23. The molecular formula is C16H17BrFN. The monoisotopic (exact) mass is 321 g/mol. The molecule has 0 saturated carbocycles. The van der Waals surface area contributed by atoms with E-state index < -0.39 is 0 Å². The molecule has 2 aromatic rings. The Morgan fingerprint density at radius 3 is 2.53 bits per heavy atom. The van der Waals surface area contributed by atoms with Crippen LogP contribution >= 0.6 is 15.9 Å². The zero-order valence-electron chi connectivity index (χ0n) is 10.9. The number of halogens is 2. The van der Waals surface area contributed by atoms with E-state index in [0.29, 0.717) is 0 Å². The Hall–Kier alpha value is -1.19. The van der Waals surface area contributed by atoms with E-state index in [9.17, 15) is 4.39 Å². The molecule has 0 fully saturated rings. The van der Waals surface area contributed by atoms with E-state index in [1.54, 1.807) is 0 Å². The molecule has 19 heavy (non-hydrogen) atoms. The van der Waals surface area contributed by atoms with Crippen molar-refractivity contribution >= 4 is 15.9 Å². The van der Waals surface area contributed by atoms with E-state index in [1.807, 2.05) is 12.1 Å². The molecule has 0 heterocycles. The molecule has 2 rings (SSSR count). The first-order valence-electron chi connectivity index (χ1n) is 6.35. The molecule has 0 saturated heterocycles. The number of benzene rings is 2. The minimum Gasteiger partial charge on any atom is -0.312 e. The maximum Gasteiger partial charge on any atom is 0.123 e. The van der Waals surface area contributed by atoms with Crippen molar-refractivity contribution in [3.05, 3.63) is 69.4 Å². The van der Waals surface area contributed by atoms with Crippen LogP contribution in [0, 0.1) is 12.7 Å². The van der Waals surface area contributed by atoms with Gasteiger partial charge in [-0.25, -0.2) is 4.39 Å². The van der Waals surface area contributed by atoms with E-state index in [4.69, 9.17) is 0 Å². The molecule has 0 atom stereocenters. The van der Waals surface area contributed by atoms with Crippen molar-refractivity contribution in [2.24, 2.45) is 0 Å². The molecule has 0 amide bonds.